The monoisotopic (exact) mass is 285 g/mol. The first-order valence-corrected chi connectivity index (χ1v) is 6.77. The van der Waals surface area contributed by atoms with Crippen molar-refractivity contribution in [2.75, 3.05) is 6.54 Å². The quantitative estimate of drug-likeness (QED) is 0.625. The highest BCUT2D eigenvalue weighted by Gasteiger charge is 2.31. The van der Waals surface area contributed by atoms with Gasteiger partial charge in [0, 0.05) is 12.1 Å². The van der Waals surface area contributed by atoms with E-state index in [0.717, 1.165) is 25.8 Å². The summed E-state index contributed by atoms with van der Waals surface area (Å²) >= 11 is 0. The zero-order chi connectivity index (χ0) is 14.4. The zero-order valence-electron chi connectivity index (χ0n) is 11.2. The Morgan fingerprint density at radius 1 is 1.20 bits per heavy atom. The smallest absolute Gasteiger partial charge is 0.405 e. The van der Waals surface area contributed by atoms with Crippen LogP contribution in [0, 0.1) is 0 Å². The van der Waals surface area contributed by atoms with E-state index in [0.29, 0.717) is 12.1 Å². The van der Waals surface area contributed by atoms with Crippen molar-refractivity contribution in [1.82, 2.24) is 5.32 Å². The second-order valence-electron chi connectivity index (χ2n) is 4.84. The van der Waals surface area contributed by atoms with E-state index in [9.17, 15) is 13.2 Å². The van der Waals surface area contributed by atoms with Crippen molar-refractivity contribution in [3.8, 4) is 5.75 Å². The van der Waals surface area contributed by atoms with Gasteiger partial charge in [-0.3, -0.25) is 0 Å². The summed E-state index contributed by atoms with van der Waals surface area (Å²) in [5, 5.41) is 3.17. The van der Waals surface area contributed by atoms with Crippen LogP contribution in [0.3, 0.4) is 0 Å². The van der Waals surface area contributed by atoms with E-state index in [-0.39, 0.29) is 5.75 Å². The Balaban J connectivity index is 1.82. The van der Waals surface area contributed by atoms with Crippen LogP contribution < -0.4 is 10.1 Å². The van der Waals surface area contributed by atoms with Gasteiger partial charge in [-0.05, 0) is 38.3 Å². The average Bonchev–Trinajstić information content (AvgIpc) is 2.88. The molecule has 0 aromatic heterocycles. The van der Waals surface area contributed by atoms with Crippen LogP contribution in [0.15, 0.2) is 35.9 Å². The molecule has 20 heavy (non-hydrogen) atoms. The number of para-hydroxylation sites is 1. The van der Waals surface area contributed by atoms with E-state index in [2.05, 4.69) is 16.1 Å². The van der Waals surface area contributed by atoms with Crippen LogP contribution in [-0.2, 0) is 6.54 Å². The van der Waals surface area contributed by atoms with E-state index in [1.165, 1.54) is 24.1 Å². The molecule has 1 aliphatic rings. The largest absolute Gasteiger partial charge is 0.573 e. The second kappa shape index (κ2) is 6.79. The van der Waals surface area contributed by atoms with E-state index in [4.69, 9.17) is 0 Å². The topological polar surface area (TPSA) is 21.3 Å². The maximum atomic E-state index is 12.3. The fourth-order valence-electron chi connectivity index (χ4n) is 2.31. The van der Waals surface area contributed by atoms with Gasteiger partial charge in [-0.2, -0.15) is 0 Å². The molecule has 2 rings (SSSR count). The lowest BCUT2D eigenvalue weighted by Gasteiger charge is -2.13. The van der Waals surface area contributed by atoms with Crippen molar-refractivity contribution < 1.29 is 17.9 Å². The average molecular weight is 285 g/mol. The van der Waals surface area contributed by atoms with Gasteiger partial charge >= 0.3 is 6.36 Å². The van der Waals surface area contributed by atoms with Crippen LogP contribution in [0.4, 0.5) is 13.2 Å². The molecule has 0 bridgehead atoms. The summed E-state index contributed by atoms with van der Waals surface area (Å²) in [5.74, 6) is -0.132. The maximum absolute atomic E-state index is 12.3. The summed E-state index contributed by atoms with van der Waals surface area (Å²) in [6, 6.07) is 6.22. The minimum atomic E-state index is -4.65. The molecule has 2 nitrogen and oxygen atoms in total. The predicted molar refractivity (Wildman–Crippen MR) is 71.4 cm³/mol. The van der Waals surface area contributed by atoms with Crippen LogP contribution in [0.1, 0.15) is 31.2 Å². The first-order chi connectivity index (χ1) is 9.54. The van der Waals surface area contributed by atoms with Gasteiger partial charge < -0.3 is 10.1 Å². The van der Waals surface area contributed by atoms with Crippen LogP contribution in [0.25, 0.3) is 0 Å². The number of hydrogen-bond acceptors (Lipinski definition) is 2. The SMILES string of the molecule is FC(F)(F)Oc1ccccc1CNCCC1=CCCC1. The summed E-state index contributed by atoms with van der Waals surface area (Å²) in [6.45, 7) is 1.14. The normalized spacial score (nSPS) is 15.2. The number of halogens is 3. The van der Waals surface area contributed by atoms with Crippen molar-refractivity contribution >= 4 is 0 Å². The zero-order valence-corrected chi connectivity index (χ0v) is 11.2. The Bertz CT molecular complexity index is 468. The van der Waals surface area contributed by atoms with Gasteiger partial charge in [-0.25, -0.2) is 0 Å². The van der Waals surface area contributed by atoms with E-state index < -0.39 is 6.36 Å². The summed E-state index contributed by atoms with van der Waals surface area (Å²) in [6.07, 6.45) is 2.08. The lowest BCUT2D eigenvalue weighted by Crippen LogP contribution is -2.20. The van der Waals surface area contributed by atoms with Gasteiger partial charge in [0.1, 0.15) is 5.75 Å². The highest BCUT2D eigenvalue weighted by atomic mass is 19.4. The summed E-state index contributed by atoms with van der Waals surface area (Å²) in [4.78, 5) is 0. The van der Waals surface area contributed by atoms with Crippen LogP contribution in [0.2, 0.25) is 0 Å². The number of benzene rings is 1. The molecule has 0 fully saturated rings. The van der Waals surface area contributed by atoms with Gasteiger partial charge in [-0.1, -0.05) is 29.8 Å². The Morgan fingerprint density at radius 2 is 2.00 bits per heavy atom. The lowest BCUT2D eigenvalue weighted by atomic mass is 10.1. The third-order valence-corrected chi connectivity index (χ3v) is 3.27. The highest BCUT2D eigenvalue weighted by Crippen LogP contribution is 2.26. The Morgan fingerprint density at radius 3 is 2.70 bits per heavy atom. The van der Waals surface area contributed by atoms with Crippen molar-refractivity contribution in [3.05, 3.63) is 41.5 Å². The number of ether oxygens (including phenoxy) is 1. The van der Waals surface area contributed by atoms with Crippen LogP contribution in [0.5, 0.6) is 5.75 Å². The molecule has 1 aliphatic carbocycles. The molecule has 0 amide bonds. The number of alkyl halides is 3. The molecule has 0 atom stereocenters. The molecular formula is C15H18F3NO. The number of allylic oxidation sites excluding steroid dienone is 1. The van der Waals surface area contributed by atoms with Gasteiger partial charge in [0.25, 0.3) is 0 Å². The number of hydrogen-bond donors (Lipinski definition) is 1. The first kappa shape index (κ1) is 14.9. The molecule has 1 aromatic rings. The summed E-state index contributed by atoms with van der Waals surface area (Å²) in [5.41, 5.74) is 1.96. The van der Waals surface area contributed by atoms with Gasteiger partial charge in [0.05, 0.1) is 0 Å². The third-order valence-electron chi connectivity index (χ3n) is 3.27. The minimum Gasteiger partial charge on any atom is -0.405 e. The molecular weight excluding hydrogens is 267 g/mol. The summed E-state index contributed by atoms with van der Waals surface area (Å²) in [7, 11) is 0. The van der Waals surface area contributed by atoms with Gasteiger partial charge in [0.15, 0.2) is 0 Å². The molecule has 0 unspecified atom stereocenters. The maximum Gasteiger partial charge on any atom is 0.573 e. The molecule has 0 radical (unpaired) electrons. The molecule has 1 aromatic carbocycles. The van der Waals surface area contributed by atoms with Gasteiger partial charge in [0.2, 0.25) is 0 Å². The van der Waals surface area contributed by atoms with Crippen molar-refractivity contribution in [2.45, 2.75) is 38.6 Å². The molecule has 0 spiro atoms. The first-order valence-electron chi connectivity index (χ1n) is 6.77. The van der Waals surface area contributed by atoms with Crippen molar-refractivity contribution in [3.63, 3.8) is 0 Å². The molecule has 0 saturated carbocycles. The lowest BCUT2D eigenvalue weighted by molar-refractivity contribution is -0.274. The molecule has 0 heterocycles. The molecule has 0 aliphatic heterocycles. The van der Waals surface area contributed by atoms with Gasteiger partial charge in [-0.15, -0.1) is 13.2 Å². The minimum absolute atomic E-state index is 0.132. The highest BCUT2D eigenvalue weighted by molar-refractivity contribution is 5.33. The molecule has 0 saturated heterocycles. The van der Waals surface area contributed by atoms with Crippen molar-refractivity contribution in [1.29, 1.82) is 0 Å². The Kier molecular flexibility index (Phi) is 5.06. The number of rotatable bonds is 6. The predicted octanol–water partition coefficient (Wildman–Crippen LogP) is 4.18. The molecule has 110 valence electrons. The van der Waals surface area contributed by atoms with E-state index >= 15 is 0 Å². The summed E-state index contributed by atoms with van der Waals surface area (Å²) < 4.78 is 40.8. The standard InChI is InChI=1S/C15H18F3NO/c16-15(17,18)20-14-8-4-3-7-13(14)11-19-10-9-12-5-1-2-6-12/h3-5,7-8,19H,1-2,6,9-11H2. The third kappa shape index (κ3) is 4.89. The van der Waals surface area contributed by atoms with Crippen molar-refractivity contribution in [2.24, 2.45) is 0 Å². The van der Waals surface area contributed by atoms with Crippen LogP contribution >= 0.6 is 0 Å². The fraction of sp³-hybridized carbons (Fsp3) is 0.467. The van der Waals surface area contributed by atoms with E-state index in [1.54, 1.807) is 12.1 Å². The molecule has 5 heteroatoms. The Labute approximate surface area is 116 Å². The molecule has 1 N–H and O–H groups in total. The van der Waals surface area contributed by atoms with Crippen LogP contribution in [-0.4, -0.2) is 12.9 Å². The van der Waals surface area contributed by atoms with E-state index in [1.807, 2.05) is 0 Å². The number of nitrogens with one attached hydrogen (secondary N) is 1. The Hall–Kier alpha value is -1.49. The second-order valence-corrected chi connectivity index (χ2v) is 4.84. The fourth-order valence-corrected chi connectivity index (χ4v) is 2.31.